The van der Waals surface area contributed by atoms with Crippen LogP contribution in [0.25, 0.3) is 11.0 Å². The number of hydrogen-bond donors (Lipinski definition) is 1. The molecule has 1 saturated heterocycles. The predicted molar refractivity (Wildman–Crippen MR) is 118 cm³/mol. The van der Waals surface area contributed by atoms with Crippen LogP contribution >= 0.6 is 0 Å². The molecule has 0 spiro atoms. The van der Waals surface area contributed by atoms with E-state index in [0.717, 1.165) is 49.6 Å². The molecule has 0 atom stereocenters. The summed E-state index contributed by atoms with van der Waals surface area (Å²) in [5.74, 6) is 1.76. The first-order valence-corrected chi connectivity index (χ1v) is 10.7. The Labute approximate surface area is 181 Å². The minimum absolute atomic E-state index is 0.0920. The van der Waals surface area contributed by atoms with E-state index in [9.17, 15) is 4.79 Å². The standard InChI is InChI=1S/C21H28N8O2/c1-2-31-13-5-8-23-19(30)15-29-21-17(14-26-29)20(24-16-25-21)28-11-9-27(10-12-28)18-6-3-4-7-22-18/h3-4,6-7,14,16H,2,5,8-13,15H2,1H3,(H,23,30). The third-order valence-electron chi connectivity index (χ3n) is 5.25. The molecule has 1 N–H and O–H groups in total. The molecule has 0 saturated carbocycles. The van der Waals surface area contributed by atoms with Crippen LogP contribution in [0.3, 0.4) is 0 Å². The minimum Gasteiger partial charge on any atom is -0.382 e. The van der Waals surface area contributed by atoms with E-state index in [-0.39, 0.29) is 12.5 Å². The zero-order valence-electron chi connectivity index (χ0n) is 17.8. The summed E-state index contributed by atoms with van der Waals surface area (Å²) in [7, 11) is 0. The molecule has 0 radical (unpaired) electrons. The third kappa shape index (κ3) is 5.08. The Kier molecular flexibility index (Phi) is 6.88. The van der Waals surface area contributed by atoms with E-state index < -0.39 is 0 Å². The van der Waals surface area contributed by atoms with Gasteiger partial charge in [-0.2, -0.15) is 5.10 Å². The van der Waals surface area contributed by atoms with Gasteiger partial charge < -0.3 is 19.9 Å². The topological polar surface area (TPSA) is 101 Å². The number of nitrogens with one attached hydrogen (secondary N) is 1. The zero-order valence-corrected chi connectivity index (χ0v) is 17.8. The number of anilines is 2. The molecule has 31 heavy (non-hydrogen) atoms. The lowest BCUT2D eigenvalue weighted by Crippen LogP contribution is -2.47. The highest BCUT2D eigenvalue weighted by Crippen LogP contribution is 2.24. The maximum Gasteiger partial charge on any atom is 0.241 e. The van der Waals surface area contributed by atoms with Crippen molar-refractivity contribution in [2.75, 3.05) is 55.7 Å². The number of aromatic nitrogens is 5. The molecule has 0 bridgehead atoms. The smallest absolute Gasteiger partial charge is 0.241 e. The number of amides is 1. The van der Waals surface area contributed by atoms with Gasteiger partial charge in [-0.1, -0.05) is 6.07 Å². The van der Waals surface area contributed by atoms with Gasteiger partial charge in [-0.15, -0.1) is 0 Å². The van der Waals surface area contributed by atoms with Crippen molar-refractivity contribution in [2.45, 2.75) is 19.9 Å². The quantitative estimate of drug-likeness (QED) is 0.510. The number of carbonyl (C=O) groups excluding carboxylic acids is 1. The molecule has 1 aliphatic heterocycles. The first kappa shape index (κ1) is 21.0. The zero-order chi connectivity index (χ0) is 21.5. The van der Waals surface area contributed by atoms with E-state index in [4.69, 9.17) is 4.74 Å². The lowest BCUT2D eigenvalue weighted by atomic mass is 10.2. The Hall–Kier alpha value is -3.27. The molecule has 10 nitrogen and oxygen atoms in total. The van der Waals surface area contributed by atoms with Gasteiger partial charge in [0.2, 0.25) is 5.91 Å². The van der Waals surface area contributed by atoms with Crippen LogP contribution in [0.2, 0.25) is 0 Å². The van der Waals surface area contributed by atoms with E-state index in [0.29, 0.717) is 25.4 Å². The molecule has 4 heterocycles. The average molecular weight is 425 g/mol. The van der Waals surface area contributed by atoms with Gasteiger partial charge in [-0.05, 0) is 25.5 Å². The molecule has 3 aromatic heterocycles. The van der Waals surface area contributed by atoms with Crippen LogP contribution in [0.5, 0.6) is 0 Å². The number of carbonyl (C=O) groups is 1. The fourth-order valence-electron chi connectivity index (χ4n) is 3.67. The molecule has 0 unspecified atom stereocenters. The fraction of sp³-hybridized carbons (Fsp3) is 0.476. The molecular formula is C21H28N8O2. The summed E-state index contributed by atoms with van der Waals surface area (Å²) in [5.41, 5.74) is 0.668. The Balaban J connectivity index is 1.38. The summed E-state index contributed by atoms with van der Waals surface area (Å²) in [6.45, 7) is 7.38. The summed E-state index contributed by atoms with van der Waals surface area (Å²) in [5, 5.41) is 8.15. The van der Waals surface area contributed by atoms with Crippen molar-refractivity contribution in [1.29, 1.82) is 0 Å². The summed E-state index contributed by atoms with van der Waals surface area (Å²) < 4.78 is 6.91. The highest BCUT2D eigenvalue weighted by Gasteiger charge is 2.22. The van der Waals surface area contributed by atoms with Crippen LogP contribution in [0.15, 0.2) is 36.9 Å². The average Bonchev–Trinajstić information content (AvgIpc) is 3.22. The Bertz CT molecular complexity index is 985. The van der Waals surface area contributed by atoms with Crippen molar-refractivity contribution >= 4 is 28.6 Å². The van der Waals surface area contributed by atoms with Gasteiger partial charge in [0.1, 0.15) is 24.5 Å². The third-order valence-corrected chi connectivity index (χ3v) is 5.25. The van der Waals surface area contributed by atoms with Gasteiger partial charge in [0, 0.05) is 52.1 Å². The van der Waals surface area contributed by atoms with E-state index in [2.05, 4.69) is 35.2 Å². The summed E-state index contributed by atoms with van der Waals surface area (Å²) >= 11 is 0. The van der Waals surface area contributed by atoms with Crippen LogP contribution in [-0.4, -0.2) is 76.6 Å². The van der Waals surface area contributed by atoms with Crippen LogP contribution in [0, 0.1) is 0 Å². The molecule has 10 heteroatoms. The van der Waals surface area contributed by atoms with Crippen molar-refractivity contribution in [3.63, 3.8) is 0 Å². The first-order chi connectivity index (χ1) is 15.3. The van der Waals surface area contributed by atoms with Crippen LogP contribution in [-0.2, 0) is 16.1 Å². The normalized spacial score (nSPS) is 14.2. The van der Waals surface area contributed by atoms with Gasteiger partial charge in [-0.25, -0.2) is 19.6 Å². The maximum atomic E-state index is 12.3. The second-order valence-electron chi connectivity index (χ2n) is 7.30. The van der Waals surface area contributed by atoms with Crippen molar-refractivity contribution < 1.29 is 9.53 Å². The van der Waals surface area contributed by atoms with Crippen molar-refractivity contribution in [1.82, 2.24) is 30.0 Å². The van der Waals surface area contributed by atoms with E-state index in [1.807, 2.05) is 31.3 Å². The highest BCUT2D eigenvalue weighted by molar-refractivity contribution is 5.88. The van der Waals surface area contributed by atoms with E-state index >= 15 is 0 Å². The predicted octanol–water partition coefficient (Wildman–Crippen LogP) is 1.09. The van der Waals surface area contributed by atoms with Gasteiger partial charge >= 0.3 is 0 Å². The number of pyridine rings is 1. The van der Waals surface area contributed by atoms with Gasteiger partial charge in [0.15, 0.2) is 5.65 Å². The molecule has 1 amide bonds. The van der Waals surface area contributed by atoms with Crippen molar-refractivity contribution in [3.8, 4) is 0 Å². The number of piperazine rings is 1. The lowest BCUT2D eigenvalue weighted by molar-refractivity contribution is -0.121. The summed E-state index contributed by atoms with van der Waals surface area (Å²) in [6, 6.07) is 5.97. The number of rotatable bonds is 9. The van der Waals surface area contributed by atoms with E-state index in [1.165, 1.54) is 0 Å². The molecule has 4 rings (SSSR count). The number of ether oxygens (including phenoxy) is 1. The number of fused-ring (bicyclic) bond motifs is 1. The van der Waals surface area contributed by atoms with Crippen molar-refractivity contribution in [3.05, 3.63) is 36.9 Å². The van der Waals surface area contributed by atoms with Gasteiger partial charge in [0.25, 0.3) is 0 Å². The van der Waals surface area contributed by atoms with Crippen LogP contribution in [0.4, 0.5) is 11.6 Å². The fourth-order valence-corrected chi connectivity index (χ4v) is 3.67. The Morgan fingerprint density at radius 3 is 2.74 bits per heavy atom. The van der Waals surface area contributed by atoms with E-state index in [1.54, 1.807) is 17.2 Å². The Morgan fingerprint density at radius 2 is 1.97 bits per heavy atom. The maximum absolute atomic E-state index is 12.3. The molecule has 3 aromatic rings. The number of nitrogens with zero attached hydrogens (tertiary/aromatic N) is 7. The van der Waals surface area contributed by atoms with Gasteiger partial charge in [0.05, 0.1) is 11.6 Å². The monoisotopic (exact) mass is 424 g/mol. The van der Waals surface area contributed by atoms with Crippen LogP contribution < -0.4 is 15.1 Å². The lowest BCUT2D eigenvalue weighted by Gasteiger charge is -2.36. The Morgan fingerprint density at radius 1 is 1.13 bits per heavy atom. The second-order valence-corrected chi connectivity index (χ2v) is 7.30. The number of hydrogen-bond acceptors (Lipinski definition) is 8. The molecule has 164 valence electrons. The highest BCUT2D eigenvalue weighted by atomic mass is 16.5. The molecule has 0 aromatic carbocycles. The second kappa shape index (κ2) is 10.2. The van der Waals surface area contributed by atoms with Crippen LogP contribution in [0.1, 0.15) is 13.3 Å². The van der Waals surface area contributed by atoms with Gasteiger partial charge in [-0.3, -0.25) is 4.79 Å². The molecule has 0 aliphatic carbocycles. The molecule has 1 aliphatic rings. The summed E-state index contributed by atoms with van der Waals surface area (Å²) in [4.78, 5) is 30.1. The van der Waals surface area contributed by atoms with Crippen molar-refractivity contribution in [2.24, 2.45) is 0 Å². The summed E-state index contributed by atoms with van der Waals surface area (Å²) in [6.07, 6.45) is 5.90. The first-order valence-electron chi connectivity index (χ1n) is 10.7. The molecule has 1 fully saturated rings. The largest absolute Gasteiger partial charge is 0.382 e. The molecular weight excluding hydrogens is 396 g/mol. The SMILES string of the molecule is CCOCCCNC(=O)Cn1ncc2c(N3CCN(c4ccccn4)CC3)ncnc21. The minimum atomic E-state index is -0.0920.